The summed E-state index contributed by atoms with van der Waals surface area (Å²) < 4.78 is 0. The monoisotopic (exact) mass is 332 g/mol. The highest BCUT2D eigenvalue weighted by atomic mass is 16.2. The Bertz CT molecular complexity index is 503. The van der Waals surface area contributed by atoms with E-state index in [1.54, 1.807) is 6.20 Å². The highest BCUT2D eigenvalue weighted by Crippen LogP contribution is 2.17. The van der Waals surface area contributed by atoms with Crippen LogP contribution in [-0.4, -0.2) is 53.0 Å². The molecular weight excluding hydrogens is 300 g/mol. The van der Waals surface area contributed by atoms with Crippen molar-refractivity contribution in [2.24, 2.45) is 11.8 Å². The lowest BCUT2D eigenvalue weighted by Crippen LogP contribution is -2.43. The molecule has 0 unspecified atom stereocenters. The minimum Gasteiger partial charge on any atom is -0.338 e. The number of pyridine rings is 1. The number of nitrogens with one attached hydrogen (secondary N) is 1. The molecule has 134 valence electrons. The van der Waals surface area contributed by atoms with Crippen LogP contribution in [0.5, 0.6) is 0 Å². The van der Waals surface area contributed by atoms with E-state index < -0.39 is 0 Å². The van der Waals surface area contributed by atoms with Crippen molar-refractivity contribution in [3.63, 3.8) is 0 Å². The van der Waals surface area contributed by atoms with Crippen LogP contribution in [0.2, 0.25) is 0 Å². The van der Waals surface area contributed by atoms with Gasteiger partial charge in [-0.2, -0.15) is 0 Å². The van der Waals surface area contributed by atoms with Gasteiger partial charge in [0, 0.05) is 31.9 Å². The van der Waals surface area contributed by atoms with Gasteiger partial charge < -0.3 is 15.1 Å². The van der Waals surface area contributed by atoms with Gasteiger partial charge in [-0.05, 0) is 50.8 Å². The molecule has 0 saturated carbocycles. The van der Waals surface area contributed by atoms with Crippen LogP contribution in [0, 0.1) is 11.8 Å². The van der Waals surface area contributed by atoms with E-state index in [9.17, 15) is 4.79 Å². The van der Waals surface area contributed by atoms with Gasteiger partial charge >= 0.3 is 6.03 Å². The van der Waals surface area contributed by atoms with Crippen molar-refractivity contribution >= 4 is 6.03 Å². The number of amides is 2. The lowest BCUT2D eigenvalue weighted by atomic mass is 10.1. The summed E-state index contributed by atoms with van der Waals surface area (Å²) in [6.45, 7) is 13.0. The van der Waals surface area contributed by atoms with Crippen LogP contribution in [0.3, 0.4) is 0 Å². The zero-order chi connectivity index (χ0) is 17.5. The van der Waals surface area contributed by atoms with Gasteiger partial charge in [-0.1, -0.05) is 19.9 Å². The van der Waals surface area contributed by atoms with Gasteiger partial charge in [0.2, 0.25) is 0 Å². The molecule has 2 heterocycles. The molecule has 1 aliphatic rings. The highest BCUT2D eigenvalue weighted by molar-refractivity contribution is 5.74. The molecule has 0 bridgehead atoms. The summed E-state index contributed by atoms with van der Waals surface area (Å²) in [4.78, 5) is 21.3. The van der Waals surface area contributed by atoms with E-state index in [0.717, 1.165) is 31.9 Å². The predicted molar refractivity (Wildman–Crippen MR) is 97.7 cm³/mol. The Morgan fingerprint density at radius 2 is 2.17 bits per heavy atom. The molecule has 1 saturated heterocycles. The largest absolute Gasteiger partial charge is 0.338 e. The van der Waals surface area contributed by atoms with Crippen molar-refractivity contribution < 1.29 is 4.79 Å². The van der Waals surface area contributed by atoms with Crippen molar-refractivity contribution in [3.05, 3.63) is 30.1 Å². The number of hydrogen-bond donors (Lipinski definition) is 1. The fraction of sp³-hybridized carbons (Fsp3) is 0.684. The third-order valence-corrected chi connectivity index (χ3v) is 4.54. The van der Waals surface area contributed by atoms with Crippen LogP contribution in [0.4, 0.5) is 4.79 Å². The van der Waals surface area contributed by atoms with Crippen LogP contribution in [-0.2, 0) is 6.54 Å². The molecule has 1 aromatic rings. The van der Waals surface area contributed by atoms with Crippen molar-refractivity contribution in [2.75, 3.05) is 26.2 Å². The van der Waals surface area contributed by atoms with Gasteiger partial charge in [-0.15, -0.1) is 0 Å². The molecule has 1 aromatic heterocycles. The molecule has 0 aliphatic carbocycles. The second-order valence-corrected chi connectivity index (χ2v) is 7.52. The standard InChI is InChI=1S/C19H32N4O/c1-15(2)12-23(14-18-7-5-6-9-20-18)19(24)21-11-17-8-10-22(13-17)16(3)4/h5-7,9,15-17H,8,10-14H2,1-4H3,(H,21,24)/t17-/m0/s1. The van der Waals surface area contributed by atoms with Gasteiger partial charge in [0.25, 0.3) is 0 Å². The van der Waals surface area contributed by atoms with E-state index in [4.69, 9.17) is 0 Å². The van der Waals surface area contributed by atoms with Crippen LogP contribution in [0.25, 0.3) is 0 Å². The number of nitrogens with zero attached hydrogens (tertiary/aromatic N) is 3. The fourth-order valence-corrected chi connectivity index (χ4v) is 3.19. The minimum atomic E-state index is 0.0253. The Hall–Kier alpha value is -1.62. The highest BCUT2D eigenvalue weighted by Gasteiger charge is 2.25. The first-order valence-corrected chi connectivity index (χ1v) is 9.12. The Labute approximate surface area is 146 Å². The molecule has 5 nitrogen and oxygen atoms in total. The molecule has 0 aromatic carbocycles. The Morgan fingerprint density at radius 3 is 2.75 bits per heavy atom. The quantitative estimate of drug-likeness (QED) is 0.835. The Balaban J connectivity index is 1.86. The number of rotatable bonds is 7. The van der Waals surface area contributed by atoms with Gasteiger partial charge in [0.1, 0.15) is 0 Å². The topological polar surface area (TPSA) is 48.5 Å². The van der Waals surface area contributed by atoms with Gasteiger partial charge in [-0.25, -0.2) is 4.79 Å². The lowest BCUT2D eigenvalue weighted by Gasteiger charge is -2.25. The summed E-state index contributed by atoms with van der Waals surface area (Å²) in [6.07, 6.45) is 2.95. The first-order chi connectivity index (χ1) is 11.5. The Morgan fingerprint density at radius 1 is 1.38 bits per heavy atom. The molecule has 1 fully saturated rings. The summed E-state index contributed by atoms with van der Waals surface area (Å²) in [5.74, 6) is 0.995. The summed E-state index contributed by atoms with van der Waals surface area (Å²) >= 11 is 0. The zero-order valence-corrected chi connectivity index (χ0v) is 15.5. The van der Waals surface area contributed by atoms with E-state index in [1.165, 1.54) is 6.42 Å². The molecular formula is C19H32N4O. The third-order valence-electron chi connectivity index (χ3n) is 4.54. The van der Waals surface area contributed by atoms with Gasteiger partial charge in [0.15, 0.2) is 0 Å². The summed E-state index contributed by atoms with van der Waals surface area (Å²) in [7, 11) is 0. The van der Waals surface area contributed by atoms with E-state index in [1.807, 2.05) is 23.1 Å². The average molecular weight is 332 g/mol. The molecule has 0 radical (unpaired) electrons. The summed E-state index contributed by atoms with van der Waals surface area (Å²) in [6, 6.07) is 6.45. The van der Waals surface area contributed by atoms with Crippen molar-refractivity contribution in [1.29, 1.82) is 0 Å². The number of carbonyl (C=O) groups is 1. The molecule has 1 N–H and O–H groups in total. The maximum absolute atomic E-state index is 12.6. The first kappa shape index (κ1) is 18.7. The van der Waals surface area contributed by atoms with E-state index in [2.05, 4.69) is 42.9 Å². The average Bonchev–Trinajstić information content (AvgIpc) is 3.02. The van der Waals surface area contributed by atoms with Crippen molar-refractivity contribution in [1.82, 2.24) is 20.1 Å². The van der Waals surface area contributed by atoms with Gasteiger partial charge in [0.05, 0.1) is 12.2 Å². The lowest BCUT2D eigenvalue weighted by molar-refractivity contribution is 0.185. The maximum Gasteiger partial charge on any atom is 0.317 e. The zero-order valence-electron chi connectivity index (χ0n) is 15.5. The number of urea groups is 1. The normalized spacial score (nSPS) is 18.3. The van der Waals surface area contributed by atoms with E-state index >= 15 is 0 Å². The van der Waals surface area contributed by atoms with Crippen molar-refractivity contribution in [2.45, 2.75) is 46.7 Å². The smallest absolute Gasteiger partial charge is 0.317 e. The second kappa shape index (κ2) is 9.02. The summed E-state index contributed by atoms with van der Waals surface area (Å²) in [5.41, 5.74) is 0.931. The van der Waals surface area contributed by atoms with E-state index in [0.29, 0.717) is 24.4 Å². The maximum atomic E-state index is 12.6. The van der Waals surface area contributed by atoms with Crippen LogP contribution in [0.15, 0.2) is 24.4 Å². The molecule has 1 atom stereocenters. The molecule has 0 spiro atoms. The fourth-order valence-electron chi connectivity index (χ4n) is 3.19. The van der Waals surface area contributed by atoms with Crippen LogP contribution < -0.4 is 5.32 Å². The Kier molecular flexibility index (Phi) is 7.03. The number of aromatic nitrogens is 1. The predicted octanol–water partition coefficient (Wildman–Crippen LogP) is 2.98. The number of carbonyl (C=O) groups excluding carboxylic acids is 1. The number of hydrogen-bond acceptors (Lipinski definition) is 3. The molecule has 5 heteroatoms. The third kappa shape index (κ3) is 5.78. The van der Waals surface area contributed by atoms with Crippen LogP contribution >= 0.6 is 0 Å². The molecule has 2 amide bonds. The number of likely N-dealkylation sites (tertiary alicyclic amines) is 1. The van der Waals surface area contributed by atoms with Gasteiger partial charge in [-0.3, -0.25) is 4.98 Å². The molecule has 2 rings (SSSR count). The SMILES string of the molecule is CC(C)CN(Cc1ccccn1)C(=O)NC[C@@H]1CCN(C(C)C)C1. The minimum absolute atomic E-state index is 0.0253. The van der Waals surface area contributed by atoms with Crippen LogP contribution in [0.1, 0.15) is 39.8 Å². The summed E-state index contributed by atoms with van der Waals surface area (Å²) in [5, 5.41) is 3.14. The second-order valence-electron chi connectivity index (χ2n) is 7.52. The van der Waals surface area contributed by atoms with E-state index in [-0.39, 0.29) is 6.03 Å². The molecule has 1 aliphatic heterocycles. The molecule has 24 heavy (non-hydrogen) atoms. The van der Waals surface area contributed by atoms with Crippen molar-refractivity contribution in [3.8, 4) is 0 Å². The first-order valence-electron chi connectivity index (χ1n) is 9.12.